The van der Waals surface area contributed by atoms with Crippen LogP contribution in [0.4, 0.5) is 0 Å². The molecule has 17 heavy (non-hydrogen) atoms. The van der Waals surface area contributed by atoms with E-state index in [-0.39, 0.29) is 0 Å². The number of benzene rings is 1. The number of hydrogen-bond acceptors (Lipinski definition) is 1. The first-order valence-corrected chi connectivity index (χ1v) is 6.96. The normalized spacial score (nSPS) is 29.2. The second-order valence-electron chi connectivity index (χ2n) is 5.98. The Morgan fingerprint density at radius 2 is 1.82 bits per heavy atom. The van der Waals surface area contributed by atoms with Crippen molar-refractivity contribution in [3.8, 4) is 0 Å². The van der Waals surface area contributed by atoms with Crippen LogP contribution < -0.4 is 5.73 Å². The van der Waals surface area contributed by atoms with E-state index in [1.54, 1.807) is 0 Å². The van der Waals surface area contributed by atoms with Crippen molar-refractivity contribution in [1.82, 2.24) is 0 Å². The second kappa shape index (κ2) is 5.68. The van der Waals surface area contributed by atoms with E-state index in [0.29, 0.717) is 5.41 Å². The zero-order valence-corrected chi connectivity index (χ0v) is 11.0. The molecule has 0 spiro atoms. The lowest BCUT2D eigenvalue weighted by Crippen LogP contribution is -2.28. The van der Waals surface area contributed by atoms with Gasteiger partial charge in [0, 0.05) is 0 Å². The number of hydrogen-bond donors (Lipinski definition) is 1. The molecule has 0 bridgehead atoms. The molecular formula is C16H25N. The Kier molecular flexibility index (Phi) is 4.22. The Morgan fingerprint density at radius 1 is 1.18 bits per heavy atom. The van der Waals surface area contributed by atoms with Gasteiger partial charge >= 0.3 is 0 Å². The van der Waals surface area contributed by atoms with Gasteiger partial charge in [-0.25, -0.2) is 0 Å². The molecule has 0 amide bonds. The van der Waals surface area contributed by atoms with Crippen LogP contribution in [0, 0.1) is 11.3 Å². The Balaban J connectivity index is 1.83. The number of aryl methyl sites for hydroxylation is 1. The van der Waals surface area contributed by atoms with E-state index in [1.807, 2.05) is 0 Å². The van der Waals surface area contributed by atoms with Crippen LogP contribution in [0.3, 0.4) is 0 Å². The van der Waals surface area contributed by atoms with Crippen molar-refractivity contribution in [3.63, 3.8) is 0 Å². The highest BCUT2D eigenvalue weighted by atomic mass is 14.6. The Bertz CT molecular complexity index is 323. The molecule has 0 unspecified atom stereocenters. The zero-order chi connectivity index (χ0) is 12.1. The van der Waals surface area contributed by atoms with Crippen LogP contribution in [0.2, 0.25) is 0 Å². The Labute approximate surface area is 105 Å². The quantitative estimate of drug-likeness (QED) is 0.838. The minimum absolute atomic E-state index is 0.557. The van der Waals surface area contributed by atoms with Crippen LogP contribution in [0.25, 0.3) is 0 Å². The molecule has 2 rings (SSSR count). The number of nitrogens with two attached hydrogens (primary N) is 1. The maximum atomic E-state index is 5.76. The first kappa shape index (κ1) is 12.6. The molecule has 0 heterocycles. The molecule has 0 atom stereocenters. The lowest BCUT2D eigenvalue weighted by Gasteiger charge is -2.37. The Hall–Kier alpha value is -0.820. The summed E-state index contributed by atoms with van der Waals surface area (Å²) in [4.78, 5) is 0. The molecule has 1 saturated carbocycles. The summed E-state index contributed by atoms with van der Waals surface area (Å²) in [5, 5.41) is 0. The average Bonchev–Trinajstić information content (AvgIpc) is 2.39. The molecule has 94 valence electrons. The zero-order valence-electron chi connectivity index (χ0n) is 11.0. The lowest BCUT2D eigenvalue weighted by atomic mass is 9.69. The standard InChI is InChI=1S/C16H25N/c1-16(11-8-15(13-17)9-12-16)10-7-14-5-3-2-4-6-14/h2-6,15H,7-13,17H2,1H3. The van der Waals surface area contributed by atoms with Crippen molar-refractivity contribution in [2.75, 3.05) is 6.54 Å². The Morgan fingerprint density at radius 3 is 2.41 bits per heavy atom. The van der Waals surface area contributed by atoms with Crippen LogP contribution in [-0.4, -0.2) is 6.54 Å². The maximum Gasteiger partial charge on any atom is -0.00489 e. The number of rotatable bonds is 4. The topological polar surface area (TPSA) is 26.0 Å². The van der Waals surface area contributed by atoms with E-state index in [1.165, 1.54) is 44.1 Å². The van der Waals surface area contributed by atoms with Crippen molar-refractivity contribution < 1.29 is 0 Å². The predicted octanol–water partition coefficient (Wildman–Crippen LogP) is 3.77. The first-order valence-electron chi connectivity index (χ1n) is 6.96. The van der Waals surface area contributed by atoms with E-state index in [0.717, 1.165) is 12.5 Å². The summed E-state index contributed by atoms with van der Waals surface area (Å²) in [6, 6.07) is 10.9. The molecule has 1 aliphatic carbocycles. The van der Waals surface area contributed by atoms with Gasteiger partial charge in [0.15, 0.2) is 0 Å². The van der Waals surface area contributed by atoms with Gasteiger partial charge in [-0.15, -0.1) is 0 Å². The van der Waals surface area contributed by atoms with Crippen LogP contribution in [0.15, 0.2) is 30.3 Å². The van der Waals surface area contributed by atoms with Gasteiger partial charge < -0.3 is 5.73 Å². The van der Waals surface area contributed by atoms with Gasteiger partial charge in [-0.3, -0.25) is 0 Å². The highest BCUT2D eigenvalue weighted by molar-refractivity contribution is 5.14. The van der Waals surface area contributed by atoms with Crippen LogP contribution in [0.1, 0.15) is 44.6 Å². The van der Waals surface area contributed by atoms with Crippen molar-refractivity contribution in [2.45, 2.75) is 45.4 Å². The predicted molar refractivity (Wildman–Crippen MR) is 73.9 cm³/mol. The molecule has 1 fully saturated rings. The van der Waals surface area contributed by atoms with Gasteiger partial charge in [0.2, 0.25) is 0 Å². The summed E-state index contributed by atoms with van der Waals surface area (Å²) in [7, 11) is 0. The summed E-state index contributed by atoms with van der Waals surface area (Å²) >= 11 is 0. The largest absolute Gasteiger partial charge is 0.330 e. The smallest absolute Gasteiger partial charge is 0.00489 e. The summed E-state index contributed by atoms with van der Waals surface area (Å²) in [5.41, 5.74) is 7.80. The lowest BCUT2D eigenvalue weighted by molar-refractivity contribution is 0.160. The molecule has 2 N–H and O–H groups in total. The fraction of sp³-hybridized carbons (Fsp3) is 0.625. The van der Waals surface area contributed by atoms with E-state index in [4.69, 9.17) is 5.73 Å². The van der Waals surface area contributed by atoms with E-state index in [2.05, 4.69) is 37.3 Å². The van der Waals surface area contributed by atoms with Gasteiger partial charge in [0.25, 0.3) is 0 Å². The van der Waals surface area contributed by atoms with Crippen LogP contribution >= 0.6 is 0 Å². The molecule has 0 aromatic heterocycles. The van der Waals surface area contributed by atoms with E-state index >= 15 is 0 Å². The van der Waals surface area contributed by atoms with Crippen molar-refractivity contribution >= 4 is 0 Å². The fourth-order valence-electron chi connectivity index (χ4n) is 2.95. The average molecular weight is 231 g/mol. The SMILES string of the molecule is CC1(CCc2ccccc2)CCC(CN)CC1. The molecule has 1 nitrogen and oxygen atoms in total. The molecular weight excluding hydrogens is 206 g/mol. The monoisotopic (exact) mass is 231 g/mol. The summed E-state index contributed by atoms with van der Waals surface area (Å²) in [6.07, 6.45) is 7.95. The maximum absolute atomic E-state index is 5.76. The second-order valence-corrected chi connectivity index (χ2v) is 5.98. The summed E-state index contributed by atoms with van der Waals surface area (Å²) in [5.74, 6) is 0.791. The van der Waals surface area contributed by atoms with E-state index < -0.39 is 0 Å². The van der Waals surface area contributed by atoms with Gasteiger partial charge in [0.1, 0.15) is 0 Å². The summed E-state index contributed by atoms with van der Waals surface area (Å²) < 4.78 is 0. The molecule has 0 radical (unpaired) electrons. The van der Waals surface area contributed by atoms with Gasteiger partial charge in [-0.2, -0.15) is 0 Å². The van der Waals surface area contributed by atoms with Crippen molar-refractivity contribution in [1.29, 1.82) is 0 Å². The third kappa shape index (κ3) is 3.57. The van der Waals surface area contributed by atoms with Crippen molar-refractivity contribution in [2.24, 2.45) is 17.1 Å². The van der Waals surface area contributed by atoms with E-state index in [9.17, 15) is 0 Å². The van der Waals surface area contributed by atoms with Gasteiger partial charge in [0.05, 0.1) is 0 Å². The molecule has 1 aliphatic rings. The molecule has 1 heteroatoms. The highest BCUT2D eigenvalue weighted by Crippen LogP contribution is 2.41. The first-order chi connectivity index (χ1) is 8.22. The molecule has 1 aromatic rings. The highest BCUT2D eigenvalue weighted by Gasteiger charge is 2.29. The third-order valence-corrected chi connectivity index (χ3v) is 4.51. The van der Waals surface area contributed by atoms with Crippen LogP contribution in [0.5, 0.6) is 0 Å². The minimum atomic E-state index is 0.557. The minimum Gasteiger partial charge on any atom is -0.330 e. The van der Waals surface area contributed by atoms with Gasteiger partial charge in [-0.05, 0) is 62.0 Å². The van der Waals surface area contributed by atoms with Gasteiger partial charge in [-0.1, -0.05) is 37.3 Å². The summed E-state index contributed by atoms with van der Waals surface area (Å²) in [6.45, 7) is 3.34. The molecule has 1 aromatic carbocycles. The third-order valence-electron chi connectivity index (χ3n) is 4.51. The van der Waals surface area contributed by atoms with Crippen molar-refractivity contribution in [3.05, 3.63) is 35.9 Å². The van der Waals surface area contributed by atoms with Crippen LogP contribution in [-0.2, 0) is 6.42 Å². The fourth-order valence-corrected chi connectivity index (χ4v) is 2.95. The molecule has 0 saturated heterocycles. The molecule has 0 aliphatic heterocycles.